The van der Waals surface area contributed by atoms with Crippen LogP contribution in [0.5, 0.6) is 0 Å². The second-order valence-corrected chi connectivity index (χ2v) is 8.22. The number of carbonyl (C=O) groups excluding carboxylic acids is 3. The van der Waals surface area contributed by atoms with Crippen LogP contribution in [0.25, 0.3) is 0 Å². The SMILES string of the molecule is CC(C)(C)OC(=O)N1CCC[C@H]1C(=O)NCCCC(=O)Nc1ccc(Cl)cc1. The van der Waals surface area contributed by atoms with E-state index in [2.05, 4.69) is 10.6 Å². The summed E-state index contributed by atoms with van der Waals surface area (Å²) in [5.41, 5.74) is 0.0791. The highest BCUT2D eigenvalue weighted by atomic mass is 35.5. The van der Waals surface area contributed by atoms with E-state index in [1.54, 1.807) is 45.0 Å². The molecule has 1 saturated heterocycles. The number of amides is 3. The molecule has 2 rings (SSSR count). The first-order valence-corrected chi connectivity index (χ1v) is 9.86. The Kier molecular flexibility index (Phi) is 7.69. The number of ether oxygens (including phenoxy) is 1. The maximum absolute atomic E-state index is 12.4. The number of rotatable bonds is 6. The number of hydrogen-bond acceptors (Lipinski definition) is 4. The van der Waals surface area contributed by atoms with Gasteiger partial charge in [0, 0.05) is 30.2 Å². The third-order valence-electron chi connectivity index (χ3n) is 4.19. The normalized spacial score (nSPS) is 16.6. The third-order valence-corrected chi connectivity index (χ3v) is 4.44. The molecule has 0 aromatic heterocycles. The van der Waals surface area contributed by atoms with Crippen molar-refractivity contribution in [2.24, 2.45) is 0 Å². The summed E-state index contributed by atoms with van der Waals surface area (Å²) in [4.78, 5) is 38.1. The molecule has 0 spiro atoms. The summed E-state index contributed by atoms with van der Waals surface area (Å²) in [5.74, 6) is -0.339. The molecule has 1 aromatic carbocycles. The van der Waals surface area contributed by atoms with Crippen LogP contribution in [0.2, 0.25) is 5.02 Å². The Morgan fingerprint density at radius 2 is 1.89 bits per heavy atom. The Hall–Kier alpha value is -2.28. The quantitative estimate of drug-likeness (QED) is 0.703. The molecule has 1 heterocycles. The number of likely N-dealkylation sites (tertiary alicyclic amines) is 1. The van der Waals surface area contributed by atoms with Crippen molar-refractivity contribution in [3.05, 3.63) is 29.3 Å². The number of nitrogens with zero attached hydrogens (tertiary/aromatic N) is 1. The fourth-order valence-corrected chi connectivity index (χ4v) is 3.04. The van der Waals surface area contributed by atoms with Crippen molar-refractivity contribution in [1.29, 1.82) is 0 Å². The van der Waals surface area contributed by atoms with Crippen molar-refractivity contribution >= 4 is 35.2 Å². The van der Waals surface area contributed by atoms with Crippen molar-refractivity contribution in [1.82, 2.24) is 10.2 Å². The van der Waals surface area contributed by atoms with Gasteiger partial charge in [0.25, 0.3) is 0 Å². The molecular weight excluding hydrogens is 382 g/mol. The van der Waals surface area contributed by atoms with Gasteiger partial charge in [-0.2, -0.15) is 0 Å². The molecule has 1 atom stereocenters. The van der Waals surface area contributed by atoms with Gasteiger partial charge in [0.15, 0.2) is 0 Å². The Labute approximate surface area is 170 Å². The van der Waals surface area contributed by atoms with Crippen molar-refractivity contribution in [3.63, 3.8) is 0 Å². The summed E-state index contributed by atoms with van der Waals surface area (Å²) >= 11 is 5.81. The molecule has 8 heteroatoms. The summed E-state index contributed by atoms with van der Waals surface area (Å²) in [6.45, 7) is 6.27. The summed E-state index contributed by atoms with van der Waals surface area (Å²) < 4.78 is 5.37. The van der Waals surface area contributed by atoms with Crippen molar-refractivity contribution in [3.8, 4) is 0 Å². The van der Waals surface area contributed by atoms with Crippen LogP contribution in [0.15, 0.2) is 24.3 Å². The minimum atomic E-state index is -0.599. The zero-order valence-electron chi connectivity index (χ0n) is 16.6. The van der Waals surface area contributed by atoms with Crippen LogP contribution < -0.4 is 10.6 Å². The zero-order valence-corrected chi connectivity index (χ0v) is 17.3. The van der Waals surface area contributed by atoms with Gasteiger partial charge < -0.3 is 15.4 Å². The van der Waals surface area contributed by atoms with E-state index in [0.717, 1.165) is 6.42 Å². The third kappa shape index (κ3) is 7.03. The Morgan fingerprint density at radius 3 is 2.54 bits per heavy atom. The van der Waals surface area contributed by atoms with Gasteiger partial charge in [0.1, 0.15) is 11.6 Å². The van der Waals surface area contributed by atoms with E-state index in [0.29, 0.717) is 36.6 Å². The summed E-state index contributed by atoms with van der Waals surface area (Å²) in [7, 11) is 0. The molecule has 1 aliphatic rings. The van der Waals surface area contributed by atoms with Crippen LogP contribution in [0.1, 0.15) is 46.5 Å². The predicted molar refractivity (Wildman–Crippen MR) is 108 cm³/mol. The number of hydrogen-bond donors (Lipinski definition) is 2. The lowest BCUT2D eigenvalue weighted by Gasteiger charge is -2.28. The van der Waals surface area contributed by atoms with Gasteiger partial charge in [-0.15, -0.1) is 0 Å². The minimum Gasteiger partial charge on any atom is -0.444 e. The summed E-state index contributed by atoms with van der Waals surface area (Å²) in [6.07, 6.45) is 1.70. The van der Waals surface area contributed by atoms with Gasteiger partial charge in [0.2, 0.25) is 11.8 Å². The average molecular weight is 410 g/mol. The lowest BCUT2D eigenvalue weighted by Crippen LogP contribution is -2.47. The predicted octanol–water partition coefficient (Wildman–Crippen LogP) is 3.57. The highest BCUT2D eigenvalue weighted by Gasteiger charge is 2.36. The van der Waals surface area contributed by atoms with E-state index < -0.39 is 17.7 Å². The number of nitrogens with one attached hydrogen (secondary N) is 2. The maximum atomic E-state index is 12.4. The molecule has 0 unspecified atom stereocenters. The van der Waals surface area contributed by atoms with Gasteiger partial charge >= 0.3 is 6.09 Å². The largest absolute Gasteiger partial charge is 0.444 e. The van der Waals surface area contributed by atoms with Gasteiger partial charge in [-0.25, -0.2) is 4.79 Å². The summed E-state index contributed by atoms with van der Waals surface area (Å²) in [6, 6.07) is 6.35. The molecule has 0 aliphatic carbocycles. The number of halogens is 1. The smallest absolute Gasteiger partial charge is 0.410 e. The molecule has 0 radical (unpaired) electrons. The van der Waals surface area contributed by atoms with E-state index in [1.807, 2.05) is 0 Å². The van der Waals surface area contributed by atoms with E-state index in [1.165, 1.54) is 4.90 Å². The Morgan fingerprint density at radius 1 is 1.21 bits per heavy atom. The fraction of sp³-hybridized carbons (Fsp3) is 0.550. The molecule has 0 bridgehead atoms. The molecule has 0 saturated carbocycles. The standard InChI is InChI=1S/C20H28ClN3O4/c1-20(2,3)28-19(27)24-13-5-6-16(24)18(26)22-12-4-7-17(25)23-15-10-8-14(21)9-11-15/h8-11,16H,4-7,12-13H2,1-3H3,(H,22,26)(H,23,25)/t16-/m0/s1. The van der Waals surface area contributed by atoms with E-state index >= 15 is 0 Å². The lowest BCUT2D eigenvalue weighted by molar-refractivity contribution is -0.125. The molecule has 1 fully saturated rings. The Balaban J connectivity index is 1.71. The van der Waals surface area contributed by atoms with Crippen molar-refractivity contribution in [2.75, 3.05) is 18.4 Å². The average Bonchev–Trinajstić information content (AvgIpc) is 3.09. The van der Waals surface area contributed by atoms with Crippen LogP contribution in [0.3, 0.4) is 0 Å². The molecule has 1 aliphatic heterocycles. The molecule has 28 heavy (non-hydrogen) atoms. The van der Waals surface area contributed by atoms with E-state index in [4.69, 9.17) is 16.3 Å². The van der Waals surface area contributed by atoms with E-state index in [9.17, 15) is 14.4 Å². The number of benzene rings is 1. The highest BCUT2D eigenvalue weighted by molar-refractivity contribution is 6.30. The van der Waals surface area contributed by atoms with Gasteiger partial charge in [0.05, 0.1) is 0 Å². The van der Waals surface area contributed by atoms with Gasteiger partial charge in [-0.3, -0.25) is 14.5 Å². The Bertz CT molecular complexity index is 700. The molecule has 2 N–H and O–H groups in total. The summed E-state index contributed by atoms with van der Waals surface area (Å²) in [5, 5.41) is 6.19. The van der Waals surface area contributed by atoms with Gasteiger partial charge in [-0.1, -0.05) is 11.6 Å². The first-order valence-electron chi connectivity index (χ1n) is 9.48. The molecule has 7 nitrogen and oxygen atoms in total. The van der Waals surface area contributed by atoms with Crippen LogP contribution >= 0.6 is 11.6 Å². The zero-order chi connectivity index (χ0) is 20.7. The topological polar surface area (TPSA) is 87.7 Å². The highest BCUT2D eigenvalue weighted by Crippen LogP contribution is 2.21. The molecule has 3 amide bonds. The van der Waals surface area contributed by atoms with Crippen molar-refractivity contribution in [2.45, 2.75) is 58.1 Å². The fourth-order valence-electron chi connectivity index (χ4n) is 2.91. The van der Waals surface area contributed by atoms with Crippen molar-refractivity contribution < 1.29 is 19.1 Å². The minimum absolute atomic E-state index is 0.132. The van der Waals surface area contributed by atoms with Crippen LogP contribution in [0, 0.1) is 0 Å². The first-order chi connectivity index (χ1) is 13.2. The van der Waals surface area contributed by atoms with Crippen LogP contribution in [-0.4, -0.2) is 47.5 Å². The van der Waals surface area contributed by atoms with Gasteiger partial charge in [-0.05, 0) is 64.3 Å². The molecule has 1 aromatic rings. The van der Waals surface area contributed by atoms with Crippen LogP contribution in [0.4, 0.5) is 10.5 Å². The maximum Gasteiger partial charge on any atom is 0.410 e. The number of anilines is 1. The molecular formula is C20H28ClN3O4. The van der Waals surface area contributed by atoms with E-state index in [-0.39, 0.29) is 18.2 Å². The monoisotopic (exact) mass is 409 g/mol. The lowest BCUT2D eigenvalue weighted by atomic mass is 10.2. The second-order valence-electron chi connectivity index (χ2n) is 7.78. The first kappa shape index (κ1) is 22.0. The number of carbonyl (C=O) groups is 3. The molecule has 154 valence electrons. The van der Waals surface area contributed by atoms with Crippen LogP contribution in [-0.2, 0) is 14.3 Å². The second kappa shape index (κ2) is 9.78.